The minimum Gasteiger partial charge on any atom is -0.221 e. The fourth-order valence-electron chi connectivity index (χ4n) is 1.58. The van der Waals surface area contributed by atoms with Crippen LogP contribution in [0.3, 0.4) is 0 Å². The van der Waals surface area contributed by atoms with Crippen LogP contribution in [0.25, 0.3) is 0 Å². The van der Waals surface area contributed by atoms with Gasteiger partial charge in [0, 0.05) is 5.56 Å². The van der Waals surface area contributed by atoms with Crippen molar-refractivity contribution in [1.29, 1.82) is 0 Å². The first-order valence-electron chi connectivity index (χ1n) is 5.02. The van der Waals surface area contributed by atoms with Crippen LogP contribution in [-0.2, 0) is 5.67 Å². The van der Waals surface area contributed by atoms with Crippen LogP contribution in [0.5, 0.6) is 0 Å². The molecule has 0 nitrogen and oxygen atoms in total. The number of alkyl halides is 9. The van der Waals surface area contributed by atoms with Crippen LogP contribution in [0.4, 0.5) is 39.5 Å². The van der Waals surface area contributed by atoms with Crippen LogP contribution in [0.1, 0.15) is 11.1 Å². The first-order chi connectivity index (χ1) is 8.75. The van der Waals surface area contributed by atoms with Gasteiger partial charge in [0.25, 0.3) is 0 Å². The summed E-state index contributed by atoms with van der Waals surface area (Å²) in [6.07, 6.45) is -13.1. The molecule has 0 aliphatic heterocycles. The summed E-state index contributed by atoms with van der Waals surface area (Å²) in [6, 6.07) is 2.43. The molecule has 1 atom stereocenters. The highest BCUT2D eigenvalue weighted by Crippen LogP contribution is 2.58. The van der Waals surface area contributed by atoms with E-state index in [2.05, 4.69) is 0 Å². The van der Waals surface area contributed by atoms with E-state index in [0.717, 1.165) is 19.1 Å². The normalized spacial score (nSPS) is 16.9. The molecule has 20 heavy (non-hydrogen) atoms. The summed E-state index contributed by atoms with van der Waals surface area (Å²) in [5.41, 5.74) is -7.75. The zero-order chi connectivity index (χ0) is 16.0. The summed E-state index contributed by atoms with van der Waals surface area (Å²) < 4.78 is 114. The van der Waals surface area contributed by atoms with Gasteiger partial charge in [-0.3, -0.25) is 0 Å². The molecular formula is C11H7F9. The summed E-state index contributed by atoms with van der Waals surface area (Å²) in [5.74, 6) is -6.62. The largest absolute Gasteiger partial charge is 0.457 e. The lowest BCUT2D eigenvalue weighted by Gasteiger charge is -2.36. The fourth-order valence-corrected chi connectivity index (χ4v) is 1.58. The minimum atomic E-state index is -6.69. The van der Waals surface area contributed by atoms with Gasteiger partial charge in [-0.2, -0.15) is 35.1 Å². The van der Waals surface area contributed by atoms with E-state index in [-0.39, 0.29) is 11.6 Å². The van der Waals surface area contributed by atoms with Gasteiger partial charge >= 0.3 is 23.9 Å². The molecule has 0 spiro atoms. The summed E-state index contributed by atoms with van der Waals surface area (Å²) in [4.78, 5) is 0. The van der Waals surface area contributed by atoms with Crippen molar-refractivity contribution in [2.45, 2.75) is 30.9 Å². The topological polar surface area (TPSA) is 0 Å². The van der Waals surface area contributed by atoms with Gasteiger partial charge in [0.05, 0.1) is 0 Å². The van der Waals surface area contributed by atoms with Crippen molar-refractivity contribution in [3.05, 3.63) is 35.4 Å². The lowest BCUT2D eigenvalue weighted by molar-refractivity contribution is -0.389. The molecule has 0 amide bonds. The second kappa shape index (κ2) is 4.56. The molecule has 0 saturated heterocycles. The maximum atomic E-state index is 13.9. The van der Waals surface area contributed by atoms with E-state index in [0.29, 0.717) is 6.07 Å². The molecule has 1 aromatic rings. The molecule has 9 heteroatoms. The predicted octanol–water partition coefficient (Wildman–Crippen LogP) is 4.92. The van der Waals surface area contributed by atoms with E-state index < -0.39 is 29.5 Å². The quantitative estimate of drug-likeness (QED) is 0.680. The van der Waals surface area contributed by atoms with Crippen molar-refractivity contribution < 1.29 is 39.5 Å². The first-order valence-corrected chi connectivity index (χ1v) is 5.02. The Morgan fingerprint density at radius 3 is 1.60 bits per heavy atom. The van der Waals surface area contributed by atoms with E-state index in [1.807, 2.05) is 0 Å². The Morgan fingerprint density at radius 2 is 1.25 bits per heavy atom. The molecular weight excluding hydrogens is 303 g/mol. The van der Waals surface area contributed by atoms with E-state index in [1.54, 1.807) is 0 Å². The van der Waals surface area contributed by atoms with E-state index in [9.17, 15) is 39.5 Å². The third-order valence-corrected chi connectivity index (χ3v) is 2.60. The Bertz CT molecular complexity index is 485. The molecule has 0 heterocycles. The lowest BCUT2D eigenvalue weighted by Crippen LogP contribution is -2.59. The predicted molar refractivity (Wildman–Crippen MR) is 51.0 cm³/mol. The highest BCUT2D eigenvalue weighted by molar-refractivity contribution is 5.32. The molecule has 0 saturated carbocycles. The number of hydrogen-bond acceptors (Lipinski definition) is 0. The van der Waals surface area contributed by atoms with Crippen LogP contribution in [0.15, 0.2) is 24.3 Å². The second-order valence-corrected chi connectivity index (χ2v) is 4.10. The van der Waals surface area contributed by atoms with E-state index >= 15 is 0 Å². The van der Waals surface area contributed by atoms with Gasteiger partial charge in [-0.1, -0.05) is 29.8 Å². The number of halogens is 9. The SMILES string of the molecule is Cc1cccc(C(F)(C(F)(F)F)C(F)(F)C(F)(F)F)c1. The molecule has 0 bridgehead atoms. The number of benzene rings is 1. The average molecular weight is 310 g/mol. The minimum absolute atomic E-state index is 0.0910. The van der Waals surface area contributed by atoms with Gasteiger partial charge in [-0.25, -0.2) is 4.39 Å². The van der Waals surface area contributed by atoms with Crippen molar-refractivity contribution in [1.82, 2.24) is 0 Å². The maximum Gasteiger partial charge on any atom is 0.457 e. The Balaban J connectivity index is 3.63. The average Bonchev–Trinajstić information content (AvgIpc) is 2.24. The summed E-state index contributed by atoms with van der Waals surface area (Å²) in [7, 11) is 0. The maximum absolute atomic E-state index is 13.9. The first kappa shape index (κ1) is 16.6. The van der Waals surface area contributed by atoms with Gasteiger partial charge in [0.15, 0.2) is 0 Å². The monoisotopic (exact) mass is 310 g/mol. The van der Waals surface area contributed by atoms with Gasteiger partial charge < -0.3 is 0 Å². The van der Waals surface area contributed by atoms with E-state index in [1.165, 1.54) is 0 Å². The van der Waals surface area contributed by atoms with Gasteiger partial charge in [-0.05, 0) is 6.92 Å². The second-order valence-electron chi connectivity index (χ2n) is 4.10. The van der Waals surface area contributed by atoms with Crippen LogP contribution in [0.2, 0.25) is 0 Å². The Morgan fingerprint density at radius 1 is 0.750 bits per heavy atom. The Labute approximate surface area is 107 Å². The van der Waals surface area contributed by atoms with Crippen molar-refractivity contribution in [2.24, 2.45) is 0 Å². The molecule has 1 rings (SSSR count). The molecule has 0 N–H and O–H groups in total. The van der Waals surface area contributed by atoms with E-state index in [4.69, 9.17) is 0 Å². The summed E-state index contributed by atoms with van der Waals surface area (Å²) in [5, 5.41) is 0. The number of hydrogen-bond donors (Lipinski definition) is 0. The van der Waals surface area contributed by atoms with Gasteiger partial charge in [0.1, 0.15) is 0 Å². The van der Waals surface area contributed by atoms with Gasteiger partial charge in [0.2, 0.25) is 0 Å². The van der Waals surface area contributed by atoms with Crippen LogP contribution in [-0.4, -0.2) is 18.3 Å². The molecule has 1 aromatic carbocycles. The number of rotatable bonds is 2. The summed E-state index contributed by atoms with van der Waals surface area (Å²) >= 11 is 0. The van der Waals surface area contributed by atoms with Crippen LogP contribution >= 0.6 is 0 Å². The molecule has 0 radical (unpaired) electrons. The molecule has 0 aromatic heterocycles. The lowest BCUT2D eigenvalue weighted by atomic mass is 9.87. The zero-order valence-electron chi connectivity index (χ0n) is 9.71. The zero-order valence-corrected chi connectivity index (χ0v) is 9.71. The molecule has 1 unspecified atom stereocenters. The third kappa shape index (κ3) is 2.33. The summed E-state index contributed by atoms with van der Waals surface area (Å²) in [6.45, 7) is 1.13. The Kier molecular flexibility index (Phi) is 3.79. The fraction of sp³-hybridized carbons (Fsp3) is 0.455. The molecule has 0 aliphatic rings. The smallest absolute Gasteiger partial charge is 0.221 e. The van der Waals surface area contributed by atoms with Crippen molar-refractivity contribution in [2.75, 3.05) is 0 Å². The Hall–Kier alpha value is -1.41. The molecule has 0 aliphatic carbocycles. The highest BCUT2D eigenvalue weighted by atomic mass is 19.4. The van der Waals surface area contributed by atoms with Crippen molar-refractivity contribution >= 4 is 0 Å². The standard InChI is InChI=1S/C11H7F9/c1-6-3-2-4-7(5-6)8(12,10(15,16)17)9(13,14)11(18,19)20/h2-5H,1H3. The molecule has 114 valence electrons. The van der Waals surface area contributed by atoms with Crippen LogP contribution < -0.4 is 0 Å². The van der Waals surface area contributed by atoms with Crippen molar-refractivity contribution in [3.8, 4) is 0 Å². The van der Waals surface area contributed by atoms with Crippen LogP contribution in [0, 0.1) is 6.92 Å². The van der Waals surface area contributed by atoms with Gasteiger partial charge in [-0.15, -0.1) is 0 Å². The highest BCUT2D eigenvalue weighted by Gasteiger charge is 2.81. The number of aryl methyl sites for hydroxylation is 1. The molecule has 0 fully saturated rings. The third-order valence-electron chi connectivity index (χ3n) is 2.60. The van der Waals surface area contributed by atoms with Crippen molar-refractivity contribution in [3.63, 3.8) is 0 Å².